The molecule has 0 bridgehead atoms. The number of ether oxygens (including phenoxy) is 5. The maximum absolute atomic E-state index is 13.0. The molecule has 3 N–H and O–H groups in total. The number of aliphatic carboxylic acids is 1. The Morgan fingerprint density at radius 1 is 0.492 bits per heavy atom. The highest BCUT2D eigenvalue weighted by molar-refractivity contribution is 5.74. The molecule has 6 unspecified atom stereocenters. The number of rotatable bonds is 44. The van der Waals surface area contributed by atoms with E-state index in [9.17, 15) is 34.5 Å². The predicted molar refractivity (Wildman–Crippen MR) is 257 cm³/mol. The van der Waals surface area contributed by atoms with E-state index in [1.165, 1.54) is 77.0 Å². The lowest BCUT2D eigenvalue weighted by molar-refractivity contribution is -0.301. The second-order valence-electron chi connectivity index (χ2n) is 18.2. The van der Waals surface area contributed by atoms with E-state index in [2.05, 4.69) is 45.1 Å². The average molecular weight is 923 g/mol. The van der Waals surface area contributed by atoms with Crippen LogP contribution in [0, 0.1) is 0 Å². The molecule has 0 amide bonds. The van der Waals surface area contributed by atoms with Crippen LogP contribution in [-0.2, 0) is 42.9 Å². The molecule has 1 fully saturated rings. The van der Waals surface area contributed by atoms with Crippen molar-refractivity contribution in [3.63, 3.8) is 0 Å². The summed E-state index contributed by atoms with van der Waals surface area (Å²) in [5, 5.41) is 31.3. The number of allylic oxidation sites excluding steroid dienone is 4. The van der Waals surface area contributed by atoms with Gasteiger partial charge >= 0.3 is 23.9 Å². The normalized spacial score (nSPS) is 19.2. The summed E-state index contributed by atoms with van der Waals surface area (Å²) in [5.74, 6) is -3.13. The van der Waals surface area contributed by atoms with E-state index in [0.29, 0.717) is 19.3 Å². The Kier molecular flexibility index (Phi) is 39.4. The zero-order chi connectivity index (χ0) is 47.6. The van der Waals surface area contributed by atoms with Crippen molar-refractivity contribution in [2.45, 2.75) is 276 Å². The molecular weight excluding hydrogens is 829 g/mol. The van der Waals surface area contributed by atoms with E-state index in [0.717, 1.165) is 103 Å². The number of aliphatic hydroxyl groups excluding tert-OH is 2. The summed E-state index contributed by atoms with van der Waals surface area (Å²) in [7, 11) is 0. The van der Waals surface area contributed by atoms with Crippen LogP contribution in [0.1, 0.15) is 239 Å². The first-order valence-electron chi connectivity index (χ1n) is 26.3. The lowest BCUT2D eigenvalue weighted by Gasteiger charge is -2.40. The van der Waals surface area contributed by atoms with Crippen molar-refractivity contribution in [2.75, 3.05) is 13.2 Å². The number of unbranched alkanes of at least 4 members (excludes halogenated alkanes) is 26. The molecule has 0 aromatic heterocycles. The molecule has 0 spiro atoms. The van der Waals surface area contributed by atoms with Crippen LogP contribution < -0.4 is 0 Å². The lowest BCUT2D eigenvalue weighted by Crippen LogP contribution is -2.61. The Balaban J connectivity index is 2.74. The molecule has 0 radical (unpaired) electrons. The van der Waals surface area contributed by atoms with Crippen LogP contribution in [0.15, 0.2) is 24.3 Å². The third-order valence-electron chi connectivity index (χ3n) is 12.0. The van der Waals surface area contributed by atoms with Gasteiger partial charge in [-0.1, -0.05) is 180 Å². The largest absolute Gasteiger partial charge is 0.479 e. The van der Waals surface area contributed by atoms with Gasteiger partial charge in [-0.2, -0.15) is 0 Å². The minimum Gasteiger partial charge on any atom is -0.479 e. The number of aliphatic hydroxyl groups is 2. The van der Waals surface area contributed by atoms with Crippen LogP contribution in [0.3, 0.4) is 0 Å². The maximum Gasteiger partial charge on any atom is 0.335 e. The summed E-state index contributed by atoms with van der Waals surface area (Å²) in [4.78, 5) is 50.7. The highest BCUT2D eigenvalue weighted by Gasteiger charge is 2.50. The van der Waals surface area contributed by atoms with Crippen LogP contribution in [-0.4, -0.2) is 89.2 Å². The smallest absolute Gasteiger partial charge is 0.335 e. The SMILES string of the molecule is CCCC/C=C\CCCCCCCC(=O)OC(COC(=O)CCCCCCC/C=C\CCCCCC)COC1OC(C(=O)O)C(O)C(O)C1OC(=O)CCCCCCCCCCCCC. The van der Waals surface area contributed by atoms with E-state index in [4.69, 9.17) is 23.7 Å². The molecule has 378 valence electrons. The van der Waals surface area contributed by atoms with Gasteiger partial charge in [0.05, 0.1) is 6.61 Å². The zero-order valence-corrected chi connectivity index (χ0v) is 41.2. The molecule has 0 aromatic carbocycles. The third kappa shape index (κ3) is 33.3. The summed E-state index contributed by atoms with van der Waals surface area (Å²) in [6.07, 6.45) is 33.1. The van der Waals surface area contributed by atoms with E-state index in [1.54, 1.807) is 0 Å². The van der Waals surface area contributed by atoms with Gasteiger partial charge in [-0.15, -0.1) is 0 Å². The Morgan fingerprint density at radius 3 is 1.37 bits per heavy atom. The lowest BCUT2D eigenvalue weighted by atomic mass is 9.98. The van der Waals surface area contributed by atoms with E-state index >= 15 is 0 Å². The summed E-state index contributed by atoms with van der Waals surface area (Å²) in [6, 6.07) is 0. The number of hydrogen-bond acceptors (Lipinski definition) is 11. The summed E-state index contributed by atoms with van der Waals surface area (Å²) in [6.45, 7) is 5.89. The Bertz CT molecular complexity index is 1240. The molecule has 1 aliphatic rings. The van der Waals surface area contributed by atoms with Gasteiger partial charge in [-0.05, 0) is 64.2 Å². The van der Waals surface area contributed by atoms with Crippen molar-refractivity contribution in [3.05, 3.63) is 24.3 Å². The number of esters is 3. The van der Waals surface area contributed by atoms with Crippen molar-refractivity contribution < 1.29 is 58.2 Å². The summed E-state index contributed by atoms with van der Waals surface area (Å²) in [5.41, 5.74) is 0. The van der Waals surface area contributed by atoms with Crippen LogP contribution in [0.25, 0.3) is 0 Å². The molecule has 65 heavy (non-hydrogen) atoms. The topological polar surface area (TPSA) is 175 Å². The van der Waals surface area contributed by atoms with Crippen molar-refractivity contribution in [1.29, 1.82) is 0 Å². The Labute approximate surface area is 394 Å². The van der Waals surface area contributed by atoms with Crippen molar-refractivity contribution >= 4 is 23.9 Å². The molecule has 0 saturated carbocycles. The van der Waals surface area contributed by atoms with Gasteiger partial charge in [-0.25, -0.2) is 4.79 Å². The van der Waals surface area contributed by atoms with Crippen molar-refractivity contribution in [2.24, 2.45) is 0 Å². The van der Waals surface area contributed by atoms with Crippen LogP contribution in [0.5, 0.6) is 0 Å². The Morgan fingerprint density at radius 2 is 0.892 bits per heavy atom. The minimum atomic E-state index is -1.90. The van der Waals surface area contributed by atoms with Gasteiger partial charge in [0.1, 0.15) is 18.8 Å². The number of hydrogen-bond donors (Lipinski definition) is 3. The highest BCUT2D eigenvalue weighted by Crippen LogP contribution is 2.26. The first-order chi connectivity index (χ1) is 31.6. The van der Waals surface area contributed by atoms with Gasteiger partial charge < -0.3 is 39.0 Å². The minimum absolute atomic E-state index is 0.0638. The molecule has 0 aromatic rings. The number of carbonyl (C=O) groups excluding carboxylic acids is 3. The standard InChI is InChI=1S/C53H94O12/c1-4-7-10-13-16-19-22-23-26-27-30-33-36-39-45(54)61-42-44(63-46(55)40-37-34-31-28-24-20-17-14-11-8-5-2)43-62-53-51(49(58)48(57)50(65-53)52(59)60)64-47(56)41-38-35-32-29-25-21-18-15-12-9-6-3/h14,17,19,22,44,48-51,53,57-58H,4-13,15-16,18,20-21,23-43H2,1-3H3,(H,59,60)/b17-14-,22-19-. The second kappa shape index (κ2) is 42.5. The van der Waals surface area contributed by atoms with Gasteiger partial charge in [0.2, 0.25) is 0 Å². The van der Waals surface area contributed by atoms with Gasteiger partial charge in [-0.3, -0.25) is 14.4 Å². The monoisotopic (exact) mass is 923 g/mol. The maximum atomic E-state index is 13.0. The van der Waals surface area contributed by atoms with E-state index in [1.807, 2.05) is 0 Å². The van der Waals surface area contributed by atoms with E-state index in [-0.39, 0.29) is 25.9 Å². The summed E-state index contributed by atoms with van der Waals surface area (Å²) < 4.78 is 28.2. The molecule has 12 nitrogen and oxygen atoms in total. The van der Waals surface area contributed by atoms with Crippen molar-refractivity contribution in [1.82, 2.24) is 0 Å². The summed E-state index contributed by atoms with van der Waals surface area (Å²) >= 11 is 0. The fourth-order valence-corrected chi connectivity index (χ4v) is 7.87. The number of carbonyl (C=O) groups is 4. The van der Waals surface area contributed by atoms with Crippen LogP contribution in [0.4, 0.5) is 0 Å². The highest BCUT2D eigenvalue weighted by atomic mass is 16.7. The van der Waals surface area contributed by atoms with E-state index < -0.39 is 67.3 Å². The molecule has 1 heterocycles. The predicted octanol–water partition coefficient (Wildman–Crippen LogP) is 12.3. The second-order valence-corrected chi connectivity index (χ2v) is 18.2. The van der Waals surface area contributed by atoms with Crippen LogP contribution >= 0.6 is 0 Å². The zero-order valence-electron chi connectivity index (χ0n) is 41.2. The fraction of sp³-hybridized carbons (Fsp3) is 0.849. The third-order valence-corrected chi connectivity index (χ3v) is 12.0. The molecule has 1 saturated heterocycles. The molecule has 12 heteroatoms. The average Bonchev–Trinajstić information content (AvgIpc) is 3.29. The first kappa shape index (κ1) is 60.2. The molecular formula is C53H94O12. The van der Waals surface area contributed by atoms with Crippen LogP contribution in [0.2, 0.25) is 0 Å². The quantitative estimate of drug-likeness (QED) is 0.0229. The molecule has 6 atom stereocenters. The van der Waals surface area contributed by atoms with Gasteiger partial charge in [0, 0.05) is 19.3 Å². The molecule has 1 rings (SSSR count). The molecule has 1 aliphatic heterocycles. The van der Waals surface area contributed by atoms with Gasteiger partial charge in [0.15, 0.2) is 24.6 Å². The molecule has 0 aliphatic carbocycles. The number of carboxylic acid groups (broad SMARTS) is 1. The van der Waals surface area contributed by atoms with Crippen molar-refractivity contribution in [3.8, 4) is 0 Å². The fourth-order valence-electron chi connectivity index (χ4n) is 7.87. The number of carboxylic acids is 1. The first-order valence-corrected chi connectivity index (χ1v) is 26.3. The Hall–Kier alpha value is -2.80. The van der Waals surface area contributed by atoms with Gasteiger partial charge in [0.25, 0.3) is 0 Å².